The standard InChI is InChI=1S/C13H19N3O2S/c17-19(18,16-7-5-14-6-8-16)15-10-12-9-11-3-1-2-4-13(11)12/h1-4,12,14-15H,5-10H2. The number of hydrogen-bond donors (Lipinski definition) is 2. The van der Waals surface area contributed by atoms with Crippen LogP contribution in [0.5, 0.6) is 0 Å². The number of hydrogen-bond acceptors (Lipinski definition) is 3. The highest BCUT2D eigenvalue weighted by atomic mass is 32.2. The third-order valence-electron chi connectivity index (χ3n) is 3.89. The van der Waals surface area contributed by atoms with Gasteiger partial charge in [-0.1, -0.05) is 24.3 Å². The fourth-order valence-corrected chi connectivity index (χ4v) is 3.98. The van der Waals surface area contributed by atoms with Crippen molar-refractivity contribution in [3.8, 4) is 0 Å². The zero-order valence-corrected chi connectivity index (χ0v) is 11.6. The van der Waals surface area contributed by atoms with E-state index in [1.54, 1.807) is 0 Å². The lowest BCUT2D eigenvalue weighted by Crippen LogP contribution is -2.51. The quantitative estimate of drug-likeness (QED) is 0.821. The maximum atomic E-state index is 12.1. The molecule has 2 aliphatic rings. The minimum atomic E-state index is -3.31. The predicted molar refractivity (Wildman–Crippen MR) is 74.3 cm³/mol. The number of piperazine rings is 1. The van der Waals surface area contributed by atoms with Crippen LogP contribution in [0.3, 0.4) is 0 Å². The van der Waals surface area contributed by atoms with Crippen molar-refractivity contribution < 1.29 is 8.42 Å². The van der Waals surface area contributed by atoms with Crippen molar-refractivity contribution in [1.29, 1.82) is 0 Å². The first-order chi connectivity index (χ1) is 9.17. The Labute approximate surface area is 114 Å². The zero-order valence-electron chi connectivity index (χ0n) is 10.8. The minimum Gasteiger partial charge on any atom is -0.314 e. The van der Waals surface area contributed by atoms with Crippen molar-refractivity contribution in [2.45, 2.75) is 12.3 Å². The van der Waals surface area contributed by atoms with Gasteiger partial charge in [0.25, 0.3) is 10.2 Å². The van der Waals surface area contributed by atoms with Crippen molar-refractivity contribution in [3.63, 3.8) is 0 Å². The van der Waals surface area contributed by atoms with Crippen molar-refractivity contribution in [3.05, 3.63) is 35.4 Å². The second kappa shape index (κ2) is 5.20. The summed E-state index contributed by atoms with van der Waals surface area (Å²) in [5.74, 6) is 0.328. The fraction of sp³-hybridized carbons (Fsp3) is 0.538. The molecule has 0 saturated carbocycles. The number of rotatable bonds is 4. The molecular formula is C13H19N3O2S. The van der Waals surface area contributed by atoms with Gasteiger partial charge >= 0.3 is 0 Å². The Bertz CT molecular complexity index is 553. The molecule has 0 amide bonds. The lowest BCUT2D eigenvalue weighted by Gasteiger charge is -2.32. The van der Waals surface area contributed by atoms with Crippen LogP contribution in [0.15, 0.2) is 24.3 Å². The molecule has 1 aromatic carbocycles. The van der Waals surface area contributed by atoms with Crippen molar-refractivity contribution in [2.24, 2.45) is 0 Å². The highest BCUT2D eigenvalue weighted by Crippen LogP contribution is 2.34. The summed E-state index contributed by atoms with van der Waals surface area (Å²) in [5, 5.41) is 3.15. The van der Waals surface area contributed by atoms with E-state index in [0.29, 0.717) is 25.6 Å². The largest absolute Gasteiger partial charge is 0.314 e. The van der Waals surface area contributed by atoms with Crippen molar-refractivity contribution in [2.75, 3.05) is 32.7 Å². The Morgan fingerprint density at radius 3 is 2.74 bits per heavy atom. The molecule has 0 radical (unpaired) electrons. The molecule has 1 fully saturated rings. The highest BCUT2D eigenvalue weighted by molar-refractivity contribution is 7.87. The molecule has 104 valence electrons. The number of fused-ring (bicyclic) bond motifs is 1. The average Bonchev–Trinajstić information content (AvgIpc) is 2.41. The smallest absolute Gasteiger partial charge is 0.279 e. The molecule has 2 N–H and O–H groups in total. The monoisotopic (exact) mass is 281 g/mol. The molecule has 6 heteroatoms. The van der Waals surface area contributed by atoms with Crippen LogP contribution in [0.25, 0.3) is 0 Å². The van der Waals surface area contributed by atoms with Gasteiger partial charge in [-0.05, 0) is 17.5 Å². The van der Waals surface area contributed by atoms with E-state index in [0.717, 1.165) is 19.5 Å². The number of nitrogens with one attached hydrogen (secondary N) is 2. The summed E-state index contributed by atoms with van der Waals surface area (Å²) in [4.78, 5) is 0. The molecule has 0 spiro atoms. The normalized spacial score (nSPS) is 23.7. The topological polar surface area (TPSA) is 61.4 Å². The van der Waals surface area contributed by atoms with Gasteiger partial charge in [-0.15, -0.1) is 0 Å². The minimum absolute atomic E-state index is 0.328. The Hall–Kier alpha value is -0.950. The molecule has 5 nitrogen and oxygen atoms in total. The maximum absolute atomic E-state index is 12.1. The Balaban J connectivity index is 1.58. The van der Waals surface area contributed by atoms with Crippen LogP contribution in [0.1, 0.15) is 17.0 Å². The molecule has 0 aromatic heterocycles. The lowest BCUT2D eigenvalue weighted by atomic mass is 9.78. The van der Waals surface area contributed by atoms with E-state index in [9.17, 15) is 8.42 Å². The number of benzene rings is 1. The molecule has 3 rings (SSSR count). The van der Waals surface area contributed by atoms with Gasteiger partial charge in [0.15, 0.2) is 0 Å². The maximum Gasteiger partial charge on any atom is 0.279 e. The molecule has 0 bridgehead atoms. The Morgan fingerprint density at radius 2 is 2.00 bits per heavy atom. The summed E-state index contributed by atoms with van der Waals surface area (Å²) in [6.07, 6.45) is 0.972. The second-order valence-corrected chi connectivity index (χ2v) is 6.86. The summed E-state index contributed by atoms with van der Waals surface area (Å²) in [6.45, 7) is 3.07. The van der Waals surface area contributed by atoms with Crippen molar-refractivity contribution in [1.82, 2.24) is 14.3 Å². The van der Waals surface area contributed by atoms with Crippen LogP contribution in [-0.4, -0.2) is 45.4 Å². The first-order valence-corrected chi connectivity index (χ1v) is 8.14. The van der Waals surface area contributed by atoms with Crippen LogP contribution in [0, 0.1) is 0 Å². The van der Waals surface area contributed by atoms with E-state index < -0.39 is 10.2 Å². The summed E-state index contributed by atoms with van der Waals surface area (Å²) in [6, 6.07) is 8.23. The van der Waals surface area contributed by atoms with E-state index in [2.05, 4.69) is 22.2 Å². The van der Waals surface area contributed by atoms with Gasteiger partial charge in [0.2, 0.25) is 0 Å². The van der Waals surface area contributed by atoms with Crippen LogP contribution in [0.4, 0.5) is 0 Å². The van der Waals surface area contributed by atoms with Gasteiger partial charge in [0.1, 0.15) is 0 Å². The first kappa shape index (κ1) is 13.1. The van der Waals surface area contributed by atoms with Crippen LogP contribution in [-0.2, 0) is 16.6 Å². The lowest BCUT2D eigenvalue weighted by molar-refractivity contribution is 0.353. The average molecular weight is 281 g/mol. The summed E-state index contributed by atoms with van der Waals surface area (Å²) >= 11 is 0. The summed E-state index contributed by atoms with van der Waals surface area (Å²) in [5.41, 5.74) is 2.62. The van der Waals surface area contributed by atoms with Crippen LogP contribution in [0.2, 0.25) is 0 Å². The summed E-state index contributed by atoms with van der Waals surface area (Å²) < 4.78 is 28.5. The van der Waals surface area contributed by atoms with Crippen LogP contribution < -0.4 is 10.0 Å². The molecule has 1 heterocycles. The second-order valence-electron chi connectivity index (χ2n) is 5.10. The first-order valence-electron chi connectivity index (χ1n) is 6.70. The molecule has 1 aliphatic heterocycles. The van der Waals surface area contributed by atoms with Gasteiger partial charge in [-0.3, -0.25) is 0 Å². The molecule has 19 heavy (non-hydrogen) atoms. The van der Waals surface area contributed by atoms with E-state index in [4.69, 9.17) is 0 Å². The number of nitrogens with zero attached hydrogens (tertiary/aromatic N) is 1. The highest BCUT2D eigenvalue weighted by Gasteiger charge is 2.29. The van der Waals surface area contributed by atoms with Crippen molar-refractivity contribution >= 4 is 10.2 Å². The Kier molecular flexibility index (Phi) is 3.58. The molecular weight excluding hydrogens is 262 g/mol. The molecule has 1 atom stereocenters. The third-order valence-corrected chi connectivity index (χ3v) is 5.47. The third kappa shape index (κ3) is 2.67. The molecule has 1 saturated heterocycles. The van der Waals surface area contributed by atoms with Gasteiger partial charge < -0.3 is 5.32 Å². The van der Waals surface area contributed by atoms with Gasteiger partial charge in [-0.25, -0.2) is 4.72 Å². The van der Waals surface area contributed by atoms with Gasteiger partial charge in [-0.2, -0.15) is 12.7 Å². The predicted octanol–water partition coefficient (Wildman–Crippen LogP) is 0.0659. The van der Waals surface area contributed by atoms with E-state index in [-0.39, 0.29) is 0 Å². The van der Waals surface area contributed by atoms with Crippen LogP contribution >= 0.6 is 0 Å². The van der Waals surface area contributed by atoms with Gasteiger partial charge in [0.05, 0.1) is 0 Å². The van der Waals surface area contributed by atoms with E-state index in [1.807, 2.05) is 12.1 Å². The Morgan fingerprint density at radius 1 is 1.26 bits per heavy atom. The SMILES string of the molecule is O=S(=O)(NCC1Cc2ccccc21)N1CCNCC1. The molecule has 1 aliphatic carbocycles. The zero-order chi connectivity index (χ0) is 13.3. The van der Waals surface area contributed by atoms with E-state index in [1.165, 1.54) is 15.4 Å². The fourth-order valence-electron chi connectivity index (χ4n) is 2.73. The molecule has 1 aromatic rings. The summed E-state index contributed by atoms with van der Waals surface area (Å²) in [7, 11) is -3.31. The van der Waals surface area contributed by atoms with Gasteiger partial charge in [0, 0.05) is 38.6 Å². The van der Waals surface area contributed by atoms with E-state index >= 15 is 0 Å². The molecule has 1 unspecified atom stereocenters.